The number of amides is 1. The molecule has 1 saturated heterocycles. The van der Waals surface area contributed by atoms with Gasteiger partial charge in [-0.2, -0.15) is 0 Å². The number of hydrogen-bond donors (Lipinski definition) is 2. The number of aromatic hydroxyl groups is 1. The first-order valence-corrected chi connectivity index (χ1v) is 12.1. The van der Waals surface area contributed by atoms with Gasteiger partial charge < -0.3 is 10.0 Å². The summed E-state index contributed by atoms with van der Waals surface area (Å²) in [6, 6.07) is 9.75. The first-order chi connectivity index (χ1) is 15.6. The molecule has 3 atom stereocenters. The number of halogens is 1. The molecule has 1 aliphatic heterocycles. The number of fused-ring (bicyclic) bond motifs is 3. The van der Waals surface area contributed by atoms with E-state index in [4.69, 9.17) is 0 Å². The van der Waals surface area contributed by atoms with Crippen LogP contribution in [0.1, 0.15) is 50.4 Å². The Morgan fingerprint density at radius 2 is 2.12 bits per heavy atom. The number of nitrogens with one attached hydrogen (secondary N) is 1. The van der Waals surface area contributed by atoms with Crippen LogP contribution in [0, 0.1) is 10.8 Å². The Kier molecular flexibility index (Phi) is 5.40. The van der Waals surface area contributed by atoms with Crippen molar-refractivity contribution in [3.05, 3.63) is 52.8 Å². The molecule has 2 fully saturated rings. The van der Waals surface area contributed by atoms with Crippen molar-refractivity contribution in [2.75, 3.05) is 6.54 Å². The highest BCUT2D eigenvalue weighted by Crippen LogP contribution is 2.47. The first kappa shape index (κ1) is 22.2. The zero-order chi connectivity index (χ0) is 23.4. The van der Waals surface area contributed by atoms with Gasteiger partial charge in [0.2, 0.25) is 5.88 Å². The van der Waals surface area contributed by atoms with Crippen LogP contribution in [0.25, 0.3) is 10.9 Å². The van der Waals surface area contributed by atoms with Gasteiger partial charge in [0, 0.05) is 40.5 Å². The van der Waals surface area contributed by atoms with Crippen molar-refractivity contribution < 1.29 is 14.8 Å². The Morgan fingerprint density at radius 1 is 1.30 bits per heavy atom. The third-order valence-corrected chi connectivity index (χ3v) is 7.65. The second kappa shape index (κ2) is 8.02. The summed E-state index contributed by atoms with van der Waals surface area (Å²) in [6.07, 6.45) is 6.71. The van der Waals surface area contributed by atoms with Gasteiger partial charge in [-0.3, -0.25) is 14.3 Å². The van der Waals surface area contributed by atoms with E-state index >= 15 is 0 Å². The summed E-state index contributed by atoms with van der Waals surface area (Å²) in [5, 5.41) is 20.1. The van der Waals surface area contributed by atoms with Crippen LogP contribution < -0.4 is 4.90 Å². The van der Waals surface area contributed by atoms with E-state index in [1.54, 1.807) is 18.3 Å². The minimum Gasteiger partial charge on any atom is -0.493 e. The van der Waals surface area contributed by atoms with Crippen LogP contribution in [0.15, 0.2) is 57.4 Å². The van der Waals surface area contributed by atoms with Crippen LogP contribution in [0.5, 0.6) is 5.88 Å². The molecule has 1 amide bonds. The lowest BCUT2D eigenvalue weighted by molar-refractivity contribution is -0.936. The molecule has 1 aromatic carbocycles. The minimum atomic E-state index is -0.493. The van der Waals surface area contributed by atoms with Gasteiger partial charge in [-0.1, -0.05) is 36.7 Å². The smallest absolute Gasteiger partial charge is 0.296 e. The number of rotatable bonds is 4. The molecular formula is C25H29BrN5O2+. The molecule has 1 unspecified atom stereocenters. The van der Waals surface area contributed by atoms with Gasteiger partial charge in [-0.05, 0) is 42.2 Å². The van der Waals surface area contributed by atoms with Gasteiger partial charge in [0.05, 0.1) is 23.7 Å². The van der Waals surface area contributed by atoms with Crippen molar-refractivity contribution in [1.82, 2.24) is 9.55 Å². The number of likely N-dealkylation sites (tertiary alicyclic amines) is 1. The number of pyridine rings is 1. The lowest BCUT2D eigenvalue weighted by Gasteiger charge is -2.37. The summed E-state index contributed by atoms with van der Waals surface area (Å²) < 4.78 is 2.80. The average molecular weight is 511 g/mol. The molecule has 1 aliphatic carbocycles. The molecule has 0 spiro atoms. The highest BCUT2D eigenvalue weighted by Gasteiger charge is 2.52. The Bertz CT molecular complexity index is 1250. The molecule has 2 aromatic heterocycles. The third-order valence-electron chi connectivity index (χ3n) is 7.16. The second-order valence-electron chi connectivity index (χ2n) is 10.8. The number of quaternary nitrogens is 1. The van der Waals surface area contributed by atoms with Crippen molar-refractivity contribution in [3.8, 4) is 5.88 Å². The summed E-state index contributed by atoms with van der Waals surface area (Å²) in [5.41, 5.74) is 2.24. The maximum absolute atomic E-state index is 12.4. The monoisotopic (exact) mass is 510 g/mol. The standard InChI is InChI=1S/C25H28BrN5O2/c1-24(2)10-18-11-25(3,13-24)14-30(18)15-31-20-7-6-17(26)9-19(20)21(23(31)33)28-29-22(32)16-5-4-8-27-12-16/h4-9,12,18,33H,10-11,13-15H2,1-3H3/p+1/t18-,25-/m0/s1. The maximum Gasteiger partial charge on any atom is 0.296 e. The molecule has 0 radical (unpaired) electrons. The van der Waals surface area contributed by atoms with E-state index in [0.717, 1.165) is 21.9 Å². The van der Waals surface area contributed by atoms with E-state index < -0.39 is 5.91 Å². The molecule has 5 rings (SSSR count). The number of nitrogens with zero attached hydrogens (tertiary/aromatic N) is 4. The minimum absolute atomic E-state index is 0.0456. The number of aromatic nitrogens is 2. The molecule has 1 saturated carbocycles. The predicted octanol–water partition coefficient (Wildman–Crippen LogP) is 4.87. The Balaban J connectivity index is 1.50. The van der Waals surface area contributed by atoms with E-state index in [2.05, 4.69) is 51.9 Å². The molecular weight excluding hydrogens is 482 g/mol. The van der Waals surface area contributed by atoms with Gasteiger partial charge in [0.15, 0.2) is 12.4 Å². The van der Waals surface area contributed by atoms with Gasteiger partial charge >= 0.3 is 0 Å². The van der Waals surface area contributed by atoms with Crippen molar-refractivity contribution in [2.45, 2.75) is 52.7 Å². The van der Waals surface area contributed by atoms with Gasteiger partial charge in [-0.25, -0.2) is 0 Å². The summed E-state index contributed by atoms with van der Waals surface area (Å²) in [7, 11) is 0. The molecule has 2 aliphatic rings. The third kappa shape index (κ3) is 4.22. The van der Waals surface area contributed by atoms with Crippen LogP contribution in [0.4, 0.5) is 5.69 Å². The van der Waals surface area contributed by atoms with Crippen LogP contribution in [0.3, 0.4) is 0 Å². The summed E-state index contributed by atoms with van der Waals surface area (Å²) in [6.45, 7) is 8.90. The quantitative estimate of drug-likeness (QED) is 0.491. The van der Waals surface area contributed by atoms with Crippen molar-refractivity contribution >= 4 is 38.4 Å². The first-order valence-electron chi connectivity index (χ1n) is 11.4. The van der Waals surface area contributed by atoms with Crippen molar-refractivity contribution in [3.63, 3.8) is 0 Å². The number of benzene rings is 1. The average Bonchev–Trinajstić information content (AvgIpc) is 3.15. The molecule has 2 N–H and O–H groups in total. The lowest BCUT2D eigenvalue weighted by Crippen LogP contribution is -3.13. The number of azo groups is 1. The molecule has 3 aromatic rings. The van der Waals surface area contributed by atoms with Gasteiger partial charge in [0.1, 0.15) is 0 Å². The van der Waals surface area contributed by atoms with Crippen molar-refractivity contribution in [1.29, 1.82) is 0 Å². The van der Waals surface area contributed by atoms with Gasteiger partial charge in [0.25, 0.3) is 5.91 Å². The molecule has 2 bridgehead atoms. The molecule has 8 heteroatoms. The van der Waals surface area contributed by atoms with Crippen LogP contribution in [0.2, 0.25) is 0 Å². The Hall–Kier alpha value is -2.58. The molecule has 7 nitrogen and oxygen atoms in total. The predicted molar refractivity (Wildman–Crippen MR) is 130 cm³/mol. The number of hydrogen-bond acceptors (Lipinski definition) is 4. The van der Waals surface area contributed by atoms with E-state index in [0.29, 0.717) is 34.8 Å². The number of carbonyl (C=O) groups excluding carboxylic acids is 1. The fraction of sp³-hybridized carbons (Fsp3) is 0.440. The summed E-state index contributed by atoms with van der Waals surface area (Å²) >= 11 is 3.52. The fourth-order valence-electron chi connectivity index (χ4n) is 6.33. The molecule has 33 heavy (non-hydrogen) atoms. The van der Waals surface area contributed by atoms with Crippen LogP contribution in [-0.4, -0.2) is 33.2 Å². The number of carbonyl (C=O) groups is 1. The van der Waals surface area contributed by atoms with E-state index in [1.807, 2.05) is 22.8 Å². The van der Waals surface area contributed by atoms with Crippen molar-refractivity contribution in [2.24, 2.45) is 21.1 Å². The fourth-order valence-corrected chi connectivity index (χ4v) is 6.70. The van der Waals surface area contributed by atoms with Gasteiger partial charge in [-0.15, -0.1) is 10.2 Å². The zero-order valence-electron chi connectivity index (χ0n) is 19.2. The summed E-state index contributed by atoms with van der Waals surface area (Å²) in [5.74, 6) is -0.447. The molecule has 3 heterocycles. The zero-order valence-corrected chi connectivity index (χ0v) is 20.8. The van der Waals surface area contributed by atoms with E-state index in [9.17, 15) is 9.90 Å². The largest absolute Gasteiger partial charge is 0.493 e. The van der Waals surface area contributed by atoms with Crippen LogP contribution >= 0.6 is 15.9 Å². The topological polar surface area (TPSA) is 84.3 Å². The normalized spacial score (nSPS) is 26.3. The lowest BCUT2D eigenvalue weighted by atomic mass is 9.65. The highest BCUT2D eigenvalue weighted by atomic mass is 79.9. The summed E-state index contributed by atoms with van der Waals surface area (Å²) in [4.78, 5) is 17.9. The van der Waals surface area contributed by atoms with Crippen LogP contribution in [-0.2, 0) is 6.67 Å². The molecule has 172 valence electrons. The SMILES string of the molecule is CC1(C)C[C@H]2C[C@](C)(C[NH+]2Cn2c(O)c(N=NC(=O)c3cccnc3)c3cc(Br)ccc32)C1. The van der Waals surface area contributed by atoms with E-state index in [-0.39, 0.29) is 5.88 Å². The Morgan fingerprint density at radius 3 is 2.88 bits per heavy atom. The maximum atomic E-state index is 12.4. The Labute approximate surface area is 201 Å². The second-order valence-corrected chi connectivity index (χ2v) is 11.7. The van der Waals surface area contributed by atoms with E-state index in [1.165, 1.54) is 30.4 Å². The highest BCUT2D eigenvalue weighted by molar-refractivity contribution is 9.10.